The molecule has 41 heavy (non-hydrogen) atoms. The number of ether oxygens (including phenoxy) is 5. The molecule has 8 atom stereocenters. The van der Waals surface area contributed by atoms with Crippen LogP contribution in [0.1, 0.15) is 78.4 Å². The van der Waals surface area contributed by atoms with Crippen LogP contribution in [-0.2, 0) is 33.3 Å². The number of aromatic hydroxyl groups is 1. The van der Waals surface area contributed by atoms with E-state index in [0.717, 1.165) is 11.6 Å². The van der Waals surface area contributed by atoms with Crippen LogP contribution in [0.3, 0.4) is 0 Å². The highest BCUT2D eigenvalue weighted by atomic mass is 16.7. The molecule has 1 aromatic rings. The summed E-state index contributed by atoms with van der Waals surface area (Å²) in [6, 6.07) is 7.00. The van der Waals surface area contributed by atoms with Gasteiger partial charge in [-0.3, -0.25) is 4.79 Å². The Labute approximate surface area is 241 Å². The molecule has 0 radical (unpaired) electrons. The summed E-state index contributed by atoms with van der Waals surface area (Å²) < 4.78 is 30.3. The molecule has 3 aliphatic heterocycles. The van der Waals surface area contributed by atoms with Crippen molar-refractivity contribution in [3.63, 3.8) is 0 Å². The first-order chi connectivity index (χ1) is 19.2. The van der Waals surface area contributed by atoms with E-state index in [0.29, 0.717) is 12.8 Å². The predicted molar refractivity (Wildman–Crippen MR) is 147 cm³/mol. The number of carbonyl (C=O) groups excluding carboxylic acids is 2. The number of phenolic OH excluding ortho intramolecular Hbond substituents is 1. The fourth-order valence-electron chi connectivity index (χ4n) is 6.59. The van der Waals surface area contributed by atoms with Gasteiger partial charge in [0, 0.05) is 18.4 Å². The lowest BCUT2D eigenvalue weighted by Gasteiger charge is -2.59. The zero-order chi connectivity index (χ0) is 30.2. The minimum absolute atomic E-state index is 0.00783. The van der Waals surface area contributed by atoms with Gasteiger partial charge in [0.05, 0.1) is 37.7 Å². The zero-order valence-electron chi connectivity index (χ0n) is 24.8. The number of benzene rings is 1. The normalized spacial score (nSPS) is 36.2. The molecule has 1 spiro atoms. The molecule has 1 aromatic carbocycles. The van der Waals surface area contributed by atoms with Gasteiger partial charge in [-0.2, -0.15) is 0 Å². The van der Waals surface area contributed by atoms with Gasteiger partial charge >= 0.3 is 11.9 Å². The fraction of sp³-hybridized carbons (Fsp3) is 0.677. The molecule has 2 saturated heterocycles. The van der Waals surface area contributed by atoms with E-state index in [1.165, 1.54) is 0 Å². The maximum Gasteiger partial charge on any atom is 0.334 e. The van der Waals surface area contributed by atoms with Crippen LogP contribution in [0.2, 0.25) is 0 Å². The number of methoxy groups -OCH3 is 1. The van der Waals surface area contributed by atoms with Crippen LogP contribution >= 0.6 is 0 Å². The highest BCUT2D eigenvalue weighted by Crippen LogP contribution is 2.56. The number of hydrogen-bond donors (Lipinski definition) is 3. The lowest BCUT2D eigenvalue weighted by Crippen LogP contribution is -2.65. The molecule has 0 aromatic heterocycles. The van der Waals surface area contributed by atoms with Gasteiger partial charge in [0.1, 0.15) is 29.3 Å². The van der Waals surface area contributed by atoms with Crippen molar-refractivity contribution >= 4 is 11.9 Å². The largest absolute Gasteiger partial charge is 0.508 e. The van der Waals surface area contributed by atoms with Gasteiger partial charge in [0.15, 0.2) is 0 Å². The number of phenols is 1. The number of cyclic esters (lactones) is 1. The third-order valence-corrected chi connectivity index (χ3v) is 8.91. The Morgan fingerprint density at radius 1 is 1.15 bits per heavy atom. The molecule has 4 rings (SSSR count). The van der Waals surface area contributed by atoms with Crippen molar-refractivity contribution < 1.29 is 48.6 Å². The molecule has 3 bridgehead atoms. The van der Waals surface area contributed by atoms with E-state index in [4.69, 9.17) is 23.7 Å². The molecule has 0 aliphatic carbocycles. The SMILES string of the molecule is CO[C@@H](CC[C@H](C)[C@H]1OC23C[C@H](OC(=O)CC(CO)OC(=O)/C=C(\O2)[C@](C)(O)CC3(C)C)[C@@H]1C)c1cccc(O)c1. The fourth-order valence-corrected chi connectivity index (χ4v) is 6.59. The minimum atomic E-state index is -1.49. The Hall–Kier alpha value is -2.66. The van der Waals surface area contributed by atoms with E-state index in [9.17, 15) is 24.9 Å². The van der Waals surface area contributed by atoms with E-state index in [-0.39, 0.29) is 48.7 Å². The van der Waals surface area contributed by atoms with Crippen molar-refractivity contribution in [1.29, 1.82) is 0 Å². The zero-order valence-corrected chi connectivity index (χ0v) is 24.8. The Bertz CT molecular complexity index is 1140. The lowest BCUT2D eigenvalue weighted by atomic mass is 9.66. The van der Waals surface area contributed by atoms with Crippen LogP contribution in [-0.4, -0.2) is 70.7 Å². The Morgan fingerprint density at radius 2 is 1.88 bits per heavy atom. The number of aliphatic hydroxyl groups is 2. The van der Waals surface area contributed by atoms with Gasteiger partial charge < -0.3 is 39.0 Å². The third kappa shape index (κ3) is 6.56. The van der Waals surface area contributed by atoms with Crippen molar-refractivity contribution in [2.24, 2.45) is 17.3 Å². The van der Waals surface area contributed by atoms with Crippen LogP contribution < -0.4 is 0 Å². The number of hydrogen-bond acceptors (Lipinski definition) is 10. The van der Waals surface area contributed by atoms with Crippen LogP contribution in [0, 0.1) is 17.3 Å². The lowest BCUT2D eigenvalue weighted by molar-refractivity contribution is -0.371. The predicted octanol–water partition coefficient (Wildman–Crippen LogP) is 3.92. The van der Waals surface area contributed by atoms with Crippen LogP contribution in [0.15, 0.2) is 36.1 Å². The molecule has 3 N–H and O–H groups in total. The monoisotopic (exact) mass is 576 g/mol. The second-order valence-electron chi connectivity index (χ2n) is 12.7. The van der Waals surface area contributed by atoms with Crippen molar-refractivity contribution in [2.45, 2.75) is 103 Å². The van der Waals surface area contributed by atoms with Gasteiger partial charge in [-0.15, -0.1) is 0 Å². The number of rotatable bonds is 7. The Balaban J connectivity index is 1.67. The summed E-state index contributed by atoms with van der Waals surface area (Å²) >= 11 is 0. The van der Waals surface area contributed by atoms with Crippen LogP contribution in [0.4, 0.5) is 0 Å². The summed E-state index contributed by atoms with van der Waals surface area (Å²) in [7, 11) is 1.64. The average Bonchev–Trinajstić information content (AvgIpc) is 2.88. The second kappa shape index (κ2) is 11.9. The van der Waals surface area contributed by atoms with Gasteiger partial charge in [-0.05, 0) is 49.8 Å². The first-order valence-electron chi connectivity index (χ1n) is 14.3. The standard InChI is InChI=1S/C31H44O10/c1-18(10-11-23(37-6)20-8-7-9-21(33)12-20)28-19(2)24-15-31(41-28)29(3,4)17-30(5,36)25(40-31)14-27(35)38-22(16-32)13-26(34)39-24/h7-9,12,14,18-19,22-24,28,32-33,36H,10-11,13,15-17H2,1-6H3/b25-14-/t18-,19-,22?,23-,24-,28+,30+,31?/m0/s1. The van der Waals surface area contributed by atoms with E-state index < -0.39 is 53.7 Å². The molecule has 0 amide bonds. The van der Waals surface area contributed by atoms with Crippen molar-refractivity contribution in [3.05, 3.63) is 41.7 Å². The minimum Gasteiger partial charge on any atom is -0.508 e. The van der Waals surface area contributed by atoms with E-state index in [1.807, 2.05) is 26.8 Å². The topological polar surface area (TPSA) is 141 Å². The summed E-state index contributed by atoms with van der Waals surface area (Å²) in [6.07, 6.45) is 0.212. The average molecular weight is 577 g/mol. The molecular weight excluding hydrogens is 532 g/mol. The van der Waals surface area contributed by atoms with Gasteiger partial charge in [-0.1, -0.05) is 39.8 Å². The van der Waals surface area contributed by atoms with Crippen LogP contribution in [0.5, 0.6) is 5.75 Å². The molecule has 10 heteroatoms. The third-order valence-electron chi connectivity index (χ3n) is 8.91. The van der Waals surface area contributed by atoms with Gasteiger partial charge in [0.25, 0.3) is 0 Å². The summed E-state index contributed by atoms with van der Waals surface area (Å²) in [4.78, 5) is 25.7. The smallest absolute Gasteiger partial charge is 0.334 e. The van der Waals surface area contributed by atoms with E-state index >= 15 is 0 Å². The maximum atomic E-state index is 13.0. The Kier molecular flexibility index (Phi) is 9.09. The van der Waals surface area contributed by atoms with Crippen molar-refractivity contribution in [3.8, 4) is 5.75 Å². The molecule has 2 fully saturated rings. The molecule has 3 aliphatic rings. The first kappa shape index (κ1) is 31.3. The van der Waals surface area contributed by atoms with Gasteiger partial charge in [0.2, 0.25) is 5.79 Å². The summed E-state index contributed by atoms with van der Waals surface area (Å²) in [5, 5.41) is 31.0. The Morgan fingerprint density at radius 3 is 2.54 bits per heavy atom. The second-order valence-corrected chi connectivity index (χ2v) is 12.7. The van der Waals surface area contributed by atoms with E-state index in [2.05, 4.69) is 6.92 Å². The number of esters is 2. The molecule has 228 valence electrons. The summed E-state index contributed by atoms with van der Waals surface area (Å²) in [6.45, 7) is 8.94. The first-order valence-corrected chi connectivity index (χ1v) is 14.3. The van der Waals surface area contributed by atoms with Gasteiger partial charge in [-0.25, -0.2) is 4.79 Å². The summed E-state index contributed by atoms with van der Waals surface area (Å²) in [5.41, 5.74) is -1.36. The highest BCUT2D eigenvalue weighted by Gasteiger charge is 2.63. The van der Waals surface area contributed by atoms with Crippen molar-refractivity contribution in [1.82, 2.24) is 0 Å². The molecule has 10 nitrogen and oxygen atoms in total. The maximum absolute atomic E-state index is 13.0. The molecule has 2 unspecified atom stereocenters. The quantitative estimate of drug-likeness (QED) is 0.409. The highest BCUT2D eigenvalue weighted by molar-refractivity contribution is 5.83. The van der Waals surface area contributed by atoms with Crippen LogP contribution in [0.25, 0.3) is 0 Å². The summed E-state index contributed by atoms with van der Waals surface area (Å²) in [5.74, 6) is -2.81. The number of carbonyl (C=O) groups is 2. The number of fused-ring (bicyclic) bond motifs is 2. The molecular formula is C31H44O10. The number of aliphatic hydroxyl groups excluding tert-OH is 1. The molecule has 0 saturated carbocycles. The molecule has 3 heterocycles. The van der Waals surface area contributed by atoms with E-state index in [1.54, 1.807) is 32.2 Å². The van der Waals surface area contributed by atoms with Crippen molar-refractivity contribution in [2.75, 3.05) is 13.7 Å².